The number of ether oxygens (including phenoxy) is 5. The third kappa shape index (κ3) is 6.53. The van der Waals surface area contributed by atoms with E-state index in [4.69, 9.17) is 28.8 Å². The molecule has 0 radical (unpaired) electrons. The van der Waals surface area contributed by atoms with E-state index in [2.05, 4.69) is 0 Å². The van der Waals surface area contributed by atoms with Crippen LogP contribution in [0.2, 0.25) is 0 Å². The Morgan fingerprint density at radius 1 is 0.857 bits per heavy atom. The second-order valence-electron chi connectivity index (χ2n) is 6.05. The van der Waals surface area contributed by atoms with Crippen molar-refractivity contribution in [2.75, 3.05) is 34.5 Å². The summed E-state index contributed by atoms with van der Waals surface area (Å²) in [4.78, 5) is 10.9. The maximum atomic E-state index is 10.9. The molecule has 0 amide bonds. The molecule has 1 N–H and O–H groups in total. The minimum Gasteiger partial charge on any atom is -0.497 e. The van der Waals surface area contributed by atoms with Gasteiger partial charge < -0.3 is 28.8 Å². The summed E-state index contributed by atoms with van der Waals surface area (Å²) < 4.78 is 27.6. The van der Waals surface area contributed by atoms with Crippen LogP contribution >= 0.6 is 0 Å². The standard InChI is InChI=1S/C21H26O7/c1-24-17-8-4-15(5-9-17)12-27-13-19(25-2)20(26-3)14-28-18-10-6-16(7-11-18)21(22)23/h4-11,19-20H,12-14H2,1-3H3,(H,22,23)/t19-,20-/m0/s1. The van der Waals surface area contributed by atoms with Crippen LogP contribution in [0.3, 0.4) is 0 Å². The van der Waals surface area contributed by atoms with Crippen LogP contribution in [0.25, 0.3) is 0 Å². The first-order valence-electron chi connectivity index (χ1n) is 8.79. The summed E-state index contributed by atoms with van der Waals surface area (Å²) in [6.45, 7) is 1.02. The average molecular weight is 390 g/mol. The quantitative estimate of drug-likeness (QED) is 0.596. The van der Waals surface area contributed by atoms with Crippen molar-refractivity contribution >= 4 is 5.97 Å². The number of rotatable bonds is 12. The number of hydrogen-bond donors (Lipinski definition) is 1. The van der Waals surface area contributed by atoms with Crippen molar-refractivity contribution in [2.24, 2.45) is 0 Å². The van der Waals surface area contributed by atoms with Gasteiger partial charge in [-0.25, -0.2) is 4.79 Å². The van der Waals surface area contributed by atoms with Gasteiger partial charge in [-0.15, -0.1) is 0 Å². The summed E-state index contributed by atoms with van der Waals surface area (Å²) in [5.74, 6) is 0.377. The molecule has 7 nitrogen and oxygen atoms in total. The molecule has 0 unspecified atom stereocenters. The molecule has 0 spiro atoms. The van der Waals surface area contributed by atoms with E-state index in [0.717, 1.165) is 11.3 Å². The van der Waals surface area contributed by atoms with Gasteiger partial charge in [-0.05, 0) is 42.0 Å². The molecule has 0 aromatic heterocycles. The third-order valence-corrected chi connectivity index (χ3v) is 4.25. The molecule has 0 fully saturated rings. The molecule has 2 aromatic rings. The number of methoxy groups -OCH3 is 3. The maximum Gasteiger partial charge on any atom is 0.335 e. The number of carboxylic acid groups (broad SMARTS) is 1. The minimum absolute atomic E-state index is 0.206. The lowest BCUT2D eigenvalue weighted by molar-refractivity contribution is -0.0909. The van der Waals surface area contributed by atoms with E-state index in [1.54, 1.807) is 33.5 Å². The van der Waals surface area contributed by atoms with E-state index >= 15 is 0 Å². The van der Waals surface area contributed by atoms with E-state index in [0.29, 0.717) is 19.0 Å². The molecular formula is C21H26O7. The first-order chi connectivity index (χ1) is 13.6. The van der Waals surface area contributed by atoms with Crippen LogP contribution in [-0.2, 0) is 20.8 Å². The molecule has 2 aromatic carbocycles. The van der Waals surface area contributed by atoms with Crippen LogP contribution < -0.4 is 9.47 Å². The molecule has 0 heterocycles. The SMILES string of the molecule is COc1ccc(COC[C@H](OC)[C@H](COc2ccc(C(=O)O)cc2)OC)cc1. The Kier molecular flexibility index (Phi) is 8.74. The fourth-order valence-electron chi connectivity index (χ4n) is 2.54. The molecule has 28 heavy (non-hydrogen) atoms. The van der Waals surface area contributed by atoms with E-state index in [1.165, 1.54) is 12.1 Å². The van der Waals surface area contributed by atoms with Crippen molar-refractivity contribution in [1.29, 1.82) is 0 Å². The van der Waals surface area contributed by atoms with E-state index < -0.39 is 5.97 Å². The topological polar surface area (TPSA) is 83.5 Å². The van der Waals surface area contributed by atoms with Crippen LogP contribution in [0.4, 0.5) is 0 Å². The Morgan fingerprint density at radius 3 is 1.96 bits per heavy atom. The van der Waals surface area contributed by atoms with Crippen LogP contribution in [0.15, 0.2) is 48.5 Å². The Balaban J connectivity index is 1.82. The Labute approximate surface area is 164 Å². The number of aromatic carboxylic acids is 1. The van der Waals surface area contributed by atoms with Gasteiger partial charge in [0, 0.05) is 14.2 Å². The zero-order chi connectivity index (χ0) is 20.4. The van der Waals surface area contributed by atoms with E-state index in [1.807, 2.05) is 24.3 Å². The van der Waals surface area contributed by atoms with Gasteiger partial charge in [0.15, 0.2) is 0 Å². The second-order valence-corrected chi connectivity index (χ2v) is 6.05. The zero-order valence-electron chi connectivity index (χ0n) is 16.3. The van der Waals surface area contributed by atoms with Gasteiger partial charge in [0.25, 0.3) is 0 Å². The summed E-state index contributed by atoms with van der Waals surface area (Å²) >= 11 is 0. The van der Waals surface area contributed by atoms with Gasteiger partial charge in [-0.3, -0.25) is 0 Å². The zero-order valence-corrected chi connectivity index (χ0v) is 16.3. The number of benzene rings is 2. The van der Waals surface area contributed by atoms with Crippen molar-refractivity contribution in [3.8, 4) is 11.5 Å². The summed E-state index contributed by atoms with van der Waals surface area (Å²) in [6, 6.07) is 13.9. The summed E-state index contributed by atoms with van der Waals surface area (Å²) in [6.07, 6.45) is -0.665. The Hall–Kier alpha value is -2.61. The predicted molar refractivity (Wildman–Crippen MR) is 103 cm³/mol. The first-order valence-corrected chi connectivity index (χ1v) is 8.79. The molecule has 2 rings (SSSR count). The summed E-state index contributed by atoms with van der Waals surface area (Å²) in [5, 5.41) is 8.93. The van der Waals surface area contributed by atoms with Crippen LogP contribution in [0, 0.1) is 0 Å². The number of carboxylic acids is 1. The molecule has 2 atom stereocenters. The normalized spacial score (nSPS) is 13.0. The fourth-order valence-corrected chi connectivity index (χ4v) is 2.54. The van der Waals surface area contributed by atoms with Gasteiger partial charge in [-0.1, -0.05) is 12.1 Å². The third-order valence-electron chi connectivity index (χ3n) is 4.25. The molecule has 0 saturated carbocycles. The Bertz CT molecular complexity index is 713. The lowest BCUT2D eigenvalue weighted by Gasteiger charge is -2.25. The summed E-state index contributed by atoms with van der Waals surface area (Å²) in [7, 11) is 4.80. The maximum absolute atomic E-state index is 10.9. The molecule has 0 aliphatic carbocycles. The van der Waals surface area contributed by atoms with E-state index in [9.17, 15) is 4.79 Å². The molecule has 0 saturated heterocycles. The summed E-state index contributed by atoms with van der Waals surface area (Å²) in [5.41, 5.74) is 1.23. The van der Waals surface area contributed by atoms with Crippen LogP contribution in [0.5, 0.6) is 11.5 Å². The molecule has 7 heteroatoms. The fraction of sp³-hybridized carbons (Fsp3) is 0.381. The lowest BCUT2D eigenvalue weighted by Crippen LogP contribution is -2.38. The number of carbonyl (C=O) groups is 1. The van der Waals surface area contributed by atoms with Crippen molar-refractivity contribution < 1.29 is 33.6 Å². The van der Waals surface area contributed by atoms with Crippen LogP contribution in [0.1, 0.15) is 15.9 Å². The Morgan fingerprint density at radius 2 is 1.43 bits per heavy atom. The van der Waals surface area contributed by atoms with Crippen molar-refractivity contribution in [3.05, 3.63) is 59.7 Å². The second kappa shape index (κ2) is 11.3. The highest BCUT2D eigenvalue weighted by atomic mass is 16.6. The highest BCUT2D eigenvalue weighted by Crippen LogP contribution is 2.15. The molecule has 0 aliphatic rings. The lowest BCUT2D eigenvalue weighted by atomic mass is 10.2. The molecule has 152 valence electrons. The molecule has 0 aliphatic heterocycles. The van der Waals surface area contributed by atoms with Crippen molar-refractivity contribution in [1.82, 2.24) is 0 Å². The predicted octanol–water partition coefficient (Wildman–Crippen LogP) is 3.02. The highest BCUT2D eigenvalue weighted by Gasteiger charge is 2.22. The van der Waals surface area contributed by atoms with Gasteiger partial charge in [-0.2, -0.15) is 0 Å². The van der Waals surface area contributed by atoms with Gasteiger partial charge in [0.1, 0.15) is 30.3 Å². The molecular weight excluding hydrogens is 364 g/mol. The minimum atomic E-state index is -0.977. The first kappa shape index (κ1) is 21.7. The van der Waals surface area contributed by atoms with Gasteiger partial charge in [0.05, 0.1) is 25.9 Å². The van der Waals surface area contributed by atoms with Crippen molar-refractivity contribution in [3.63, 3.8) is 0 Å². The van der Waals surface area contributed by atoms with Crippen molar-refractivity contribution in [2.45, 2.75) is 18.8 Å². The van der Waals surface area contributed by atoms with Gasteiger partial charge in [0.2, 0.25) is 0 Å². The number of hydrogen-bond acceptors (Lipinski definition) is 6. The monoisotopic (exact) mass is 390 g/mol. The highest BCUT2D eigenvalue weighted by molar-refractivity contribution is 5.87. The molecule has 0 bridgehead atoms. The van der Waals surface area contributed by atoms with Crippen LogP contribution in [-0.4, -0.2) is 57.8 Å². The van der Waals surface area contributed by atoms with Gasteiger partial charge >= 0.3 is 5.97 Å². The van der Waals surface area contributed by atoms with E-state index in [-0.39, 0.29) is 24.4 Å². The smallest absolute Gasteiger partial charge is 0.335 e. The largest absolute Gasteiger partial charge is 0.497 e. The average Bonchev–Trinajstić information content (AvgIpc) is 2.73.